The minimum Gasteiger partial charge on any atom is -0.320 e. The number of benzene rings is 1. The first-order valence-electron chi connectivity index (χ1n) is 8.65. The van der Waals surface area contributed by atoms with E-state index in [4.69, 9.17) is 5.26 Å². The summed E-state index contributed by atoms with van der Waals surface area (Å²) >= 11 is 0. The van der Waals surface area contributed by atoms with E-state index in [2.05, 4.69) is 25.2 Å². The molecule has 4 heteroatoms. The van der Waals surface area contributed by atoms with Crippen molar-refractivity contribution < 1.29 is 9.28 Å². The molecular formula is C19H28N3O+. The zero-order valence-electron chi connectivity index (χ0n) is 14.8. The maximum absolute atomic E-state index is 13.0. The van der Waals surface area contributed by atoms with Crippen molar-refractivity contribution in [3.05, 3.63) is 28.8 Å². The van der Waals surface area contributed by atoms with Gasteiger partial charge in [-0.15, -0.1) is 0 Å². The third kappa shape index (κ3) is 3.40. The van der Waals surface area contributed by atoms with Gasteiger partial charge in [0, 0.05) is 24.9 Å². The Hall–Kier alpha value is -1.86. The Balaban J connectivity index is 2.25. The second-order valence-electron chi connectivity index (χ2n) is 6.70. The number of amides is 1. The molecule has 23 heavy (non-hydrogen) atoms. The van der Waals surface area contributed by atoms with Gasteiger partial charge < -0.3 is 9.80 Å². The number of likely N-dealkylation sites (tertiary alicyclic amines) is 1. The third-order valence-electron chi connectivity index (χ3n) is 5.35. The number of quaternary nitrogens is 1. The summed E-state index contributed by atoms with van der Waals surface area (Å²) in [6.45, 7) is 11.4. The lowest BCUT2D eigenvalue weighted by Gasteiger charge is -2.39. The van der Waals surface area contributed by atoms with Gasteiger partial charge in [-0.3, -0.25) is 4.79 Å². The van der Waals surface area contributed by atoms with Crippen molar-refractivity contribution >= 4 is 11.6 Å². The highest BCUT2D eigenvalue weighted by atomic mass is 16.2. The van der Waals surface area contributed by atoms with E-state index in [1.165, 1.54) is 12.8 Å². The fourth-order valence-corrected chi connectivity index (χ4v) is 4.07. The number of aryl methyl sites for hydroxylation is 2. The number of nitrogens with zero attached hydrogens (tertiary/aromatic N) is 2. The van der Waals surface area contributed by atoms with Crippen molar-refractivity contribution in [2.24, 2.45) is 0 Å². The molecule has 1 N–H and O–H groups in total. The zero-order valence-corrected chi connectivity index (χ0v) is 14.8. The van der Waals surface area contributed by atoms with E-state index in [0.717, 1.165) is 47.4 Å². The molecule has 1 aliphatic heterocycles. The van der Waals surface area contributed by atoms with Crippen LogP contribution in [0.2, 0.25) is 0 Å². The van der Waals surface area contributed by atoms with Crippen LogP contribution < -0.4 is 5.32 Å². The Bertz CT molecular complexity index is 601. The third-order valence-corrected chi connectivity index (χ3v) is 5.35. The van der Waals surface area contributed by atoms with Gasteiger partial charge in [0.15, 0.2) is 6.04 Å². The maximum Gasteiger partial charge on any atom is 0.282 e. The van der Waals surface area contributed by atoms with Crippen LogP contribution in [0, 0.1) is 25.2 Å². The number of anilines is 1. The summed E-state index contributed by atoms with van der Waals surface area (Å²) in [5.41, 5.74) is 3.41. The fraction of sp³-hybridized carbons (Fsp3) is 0.579. The Morgan fingerprint density at radius 3 is 2.26 bits per heavy atom. The first-order valence-corrected chi connectivity index (χ1v) is 8.65. The second kappa shape index (κ2) is 7.14. The van der Waals surface area contributed by atoms with Crippen LogP contribution in [0.1, 0.15) is 49.8 Å². The molecule has 0 saturated carbocycles. The standard InChI is InChI=1S/C19H27N3O/c1-5-17(22(6-2)9-7-8-10-22)19(23)21-18-14(3)11-16(13-20)12-15(18)4/h11-12,17H,5-10H2,1-4H3/p+1. The number of nitrogens with one attached hydrogen (secondary N) is 1. The van der Waals surface area contributed by atoms with Gasteiger partial charge in [0.05, 0.1) is 31.3 Å². The van der Waals surface area contributed by atoms with E-state index in [0.29, 0.717) is 5.56 Å². The number of nitriles is 1. The molecule has 1 unspecified atom stereocenters. The van der Waals surface area contributed by atoms with Crippen LogP contribution in [0.25, 0.3) is 0 Å². The predicted molar refractivity (Wildman–Crippen MR) is 93.1 cm³/mol. The van der Waals surface area contributed by atoms with E-state index >= 15 is 0 Å². The first kappa shape index (κ1) is 17.5. The normalized spacial score (nSPS) is 17.5. The molecule has 4 nitrogen and oxygen atoms in total. The average molecular weight is 314 g/mol. The lowest BCUT2D eigenvalue weighted by Crippen LogP contribution is -2.57. The molecule has 124 valence electrons. The molecule has 1 atom stereocenters. The van der Waals surface area contributed by atoms with Crippen molar-refractivity contribution in [3.63, 3.8) is 0 Å². The highest BCUT2D eigenvalue weighted by Gasteiger charge is 2.41. The number of rotatable bonds is 5. The highest BCUT2D eigenvalue weighted by Crippen LogP contribution is 2.28. The molecule has 0 bridgehead atoms. The van der Waals surface area contributed by atoms with E-state index < -0.39 is 0 Å². The van der Waals surface area contributed by atoms with Gasteiger partial charge in [-0.05, 0) is 44.0 Å². The average Bonchev–Trinajstić information content (AvgIpc) is 3.01. The summed E-state index contributed by atoms with van der Waals surface area (Å²) in [6, 6.07) is 5.85. The van der Waals surface area contributed by atoms with Gasteiger partial charge in [0.2, 0.25) is 0 Å². The van der Waals surface area contributed by atoms with Gasteiger partial charge in [0.1, 0.15) is 0 Å². The summed E-state index contributed by atoms with van der Waals surface area (Å²) < 4.78 is 0.913. The molecule has 0 aromatic heterocycles. The molecule has 2 rings (SSSR count). The lowest BCUT2D eigenvalue weighted by molar-refractivity contribution is -0.930. The summed E-state index contributed by atoms with van der Waals surface area (Å²) in [6.07, 6.45) is 3.28. The van der Waals surface area contributed by atoms with Crippen LogP contribution in [-0.4, -0.2) is 36.1 Å². The molecule has 1 aromatic carbocycles. The molecule has 1 fully saturated rings. The Morgan fingerprint density at radius 2 is 1.83 bits per heavy atom. The molecule has 1 heterocycles. The van der Waals surface area contributed by atoms with Crippen LogP contribution in [0.15, 0.2) is 12.1 Å². The summed E-state index contributed by atoms with van der Waals surface area (Å²) in [7, 11) is 0. The monoisotopic (exact) mass is 314 g/mol. The van der Waals surface area contributed by atoms with Gasteiger partial charge in [-0.25, -0.2) is 0 Å². The summed E-state index contributed by atoms with van der Waals surface area (Å²) in [4.78, 5) is 13.0. The maximum atomic E-state index is 13.0. The van der Waals surface area contributed by atoms with Crippen molar-refractivity contribution in [2.75, 3.05) is 25.0 Å². The molecule has 1 amide bonds. The van der Waals surface area contributed by atoms with Gasteiger partial charge >= 0.3 is 0 Å². The molecule has 0 aliphatic carbocycles. The van der Waals surface area contributed by atoms with Crippen molar-refractivity contribution in [2.45, 2.75) is 53.0 Å². The molecule has 1 aromatic rings. The largest absolute Gasteiger partial charge is 0.320 e. The smallest absolute Gasteiger partial charge is 0.282 e. The second-order valence-corrected chi connectivity index (χ2v) is 6.70. The first-order chi connectivity index (χ1) is 11.0. The van der Waals surface area contributed by atoms with E-state index in [1.807, 2.05) is 26.0 Å². The zero-order chi connectivity index (χ0) is 17.0. The Labute approximate surface area is 139 Å². The Kier molecular flexibility index (Phi) is 5.43. The van der Waals surface area contributed by atoms with Gasteiger partial charge in [-0.2, -0.15) is 5.26 Å². The van der Waals surface area contributed by atoms with E-state index in [9.17, 15) is 4.79 Å². The summed E-state index contributed by atoms with van der Waals surface area (Å²) in [5, 5.41) is 12.2. The van der Waals surface area contributed by atoms with Gasteiger partial charge in [-0.1, -0.05) is 6.92 Å². The van der Waals surface area contributed by atoms with E-state index in [-0.39, 0.29) is 11.9 Å². The molecule has 1 saturated heterocycles. The van der Waals surface area contributed by atoms with E-state index in [1.54, 1.807) is 0 Å². The number of hydrogen-bond acceptors (Lipinski definition) is 2. The van der Waals surface area contributed by atoms with Crippen LogP contribution >= 0.6 is 0 Å². The minimum absolute atomic E-state index is 0.0111. The molecule has 0 spiro atoms. The number of carbonyl (C=O) groups excluding carboxylic acids is 1. The predicted octanol–water partition coefficient (Wildman–Crippen LogP) is 3.52. The number of hydrogen-bond donors (Lipinski definition) is 1. The van der Waals surface area contributed by atoms with Crippen molar-refractivity contribution in [1.29, 1.82) is 5.26 Å². The topological polar surface area (TPSA) is 52.9 Å². The van der Waals surface area contributed by atoms with Crippen LogP contribution in [0.4, 0.5) is 5.69 Å². The molecule has 0 radical (unpaired) electrons. The highest BCUT2D eigenvalue weighted by molar-refractivity contribution is 5.95. The van der Waals surface area contributed by atoms with Crippen LogP contribution in [-0.2, 0) is 4.79 Å². The fourth-order valence-electron chi connectivity index (χ4n) is 4.07. The minimum atomic E-state index is 0.0111. The lowest BCUT2D eigenvalue weighted by atomic mass is 10.0. The van der Waals surface area contributed by atoms with Crippen molar-refractivity contribution in [1.82, 2.24) is 0 Å². The van der Waals surface area contributed by atoms with Crippen molar-refractivity contribution in [3.8, 4) is 6.07 Å². The summed E-state index contributed by atoms with van der Waals surface area (Å²) in [5.74, 6) is 0.118. The Morgan fingerprint density at radius 1 is 1.26 bits per heavy atom. The van der Waals surface area contributed by atoms with Crippen LogP contribution in [0.3, 0.4) is 0 Å². The molecular weight excluding hydrogens is 286 g/mol. The van der Waals surface area contributed by atoms with Gasteiger partial charge in [0.25, 0.3) is 5.91 Å². The quantitative estimate of drug-likeness (QED) is 0.845. The number of likely N-dealkylation sites (N-methyl/N-ethyl adjacent to an activating group) is 1. The SMILES string of the molecule is CCC(C(=O)Nc1c(C)cc(C#N)cc1C)[N+]1(CC)CCCC1. The molecule has 1 aliphatic rings. The van der Waals surface area contributed by atoms with Crippen LogP contribution in [0.5, 0.6) is 0 Å². The number of carbonyl (C=O) groups is 1.